The van der Waals surface area contributed by atoms with Gasteiger partial charge in [-0.2, -0.15) is 0 Å². The Labute approximate surface area is 86.6 Å². The van der Waals surface area contributed by atoms with Gasteiger partial charge in [0.2, 0.25) is 0 Å². The second-order valence-electron chi connectivity index (χ2n) is 3.36. The molecule has 0 saturated carbocycles. The van der Waals surface area contributed by atoms with Crippen LogP contribution in [0.4, 0.5) is 0 Å². The Kier molecular flexibility index (Phi) is 7.13. The van der Waals surface area contributed by atoms with E-state index in [9.17, 15) is 8.42 Å². The van der Waals surface area contributed by atoms with Crippen LogP contribution in [0.3, 0.4) is 0 Å². The summed E-state index contributed by atoms with van der Waals surface area (Å²) in [5, 5.41) is 11.9. The molecule has 4 nitrogen and oxygen atoms in total. The topological polar surface area (TPSA) is 66.4 Å². The van der Waals surface area contributed by atoms with Crippen molar-refractivity contribution in [3.05, 3.63) is 0 Å². The molecule has 0 aromatic rings. The van der Waals surface area contributed by atoms with Crippen molar-refractivity contribution in [1.29, 1.82) is 0 Å². The molecule has 0 spiro atoms. The molecule has 0 bridgehead atoms. The summed E-state index contributed by atoms with van der Waals surface area (Å²) in [7, 11) is -2.94. The molecule has 1 atom stereocenters. The fraction of sp³-hybridized carbons (Fsp3) is 1.00. The van der Waals surface area contributed by atoms with Crippen LogP contribution in [0, 0.1) is 0 Å². The quantitative estimate of drug-likeness (QED) is 0.616. The van der Waals surface area contributed by atoms with Gasteiger partial charge in [-0.1, -0.05) is 13.8 Å². The smallest absolute Gasteiger partial charge is 0.151 e. The van der Waals surface area contributed by atoms with Gasteiger partial charge in [0.25, 0.3) is 0 Å². The Morgan fingerprint density at radius 1 is 1.36 bits per heavy atom. The summed E-state index contributed by atoms with van der Waals surface area (Å²) in [5.41, 5.74) is 0. The Hall–Kier alpha value is -0.130. The van der Waals surface area contributed by atoms with E-state index in [2.05, 4.69) is 5.32 Å². The average molecular weight is 223 g/mol. The van der Waals surface area contributed by atoms with E-state index in [4.69, 9.17) is 5.11 Å². The van der Waals surface area contributed by atoms with Gasteiger partial charge in [-0.3, -0.25) is 0 Å². The van der Waals surface area contributed by atoms with Gasteiger partial charge < -0.3 is 10.4 Å². The summed E-state index contributed by atoms with van der Waals surface area (Å²) in [4.78, 5) is 0. The van der Waals surface area contributed by atoms with E-state index in [0.29, 0.717) is 6.42 Å². The molecule has 86 valence electrons. The SMILES string of the molecule is CCCNC(CCO)CS(=O)(=O)CC. The van der Waals surface area contributed by atoms with Gasteiger partial charge in [-0.05, 0) is 19.4 Å². The van der Waals surface area contributed by atoms with E-state index in [-0.39, 0.29) is 24.2 Å². The second kappa shape index (κ2) is 7.20. The predicted octanol–water partition coefficient (Wildman–Crippen LogP) is 0.172. The van der Waals surface area contributed by atoms with Crippen LogP contribution in [0.25, 0.3) is 0 Å². The molecule has 2 N–H and O–H groups in total. The normalized spacial score (nSPS) is 14.2. The first-order valence-corrected chi connectivity index (χ1v) is 6.92. The minimum absolute atomic E-state index is 0.0284. The van der Waals surface area contributed by atoms with Crippen molar-refractivity contribution < 1.29 is 13.5 Å². The molecular weight excluding hydrogens is 202 g/mol. The predicted molar refractivity (Wildman–Crippen MR) is 58.1 cm³/mol. The van der Waals surface area contributed by atoms with E-state index < -0.39 is 9.84 Å². The molecule has 0 saturated heterocycles. The molecular formula is C9H21NO3S. The lowest BCUT2D eigenvalue weighted by molar-refractivity contribution is 0.269. The van der Waals surface area contributed by atoms with Gasteiger partial charge in [0.15, 0.2) is 9.84 Å². The highest BCUT2D eigenvalue weighted by atomic mass is 32.2. The van der Waals surface area contributed by atoms with Crippen LogP contribution in [0.2, 0.25) is 0 Å². The van der Waals surface area contributed by atoms with Gasteiger partial charge in [0.1, 0.15) is 0 Å². The molecule has 0 aromatic heterocycles. The van der Waals surface area contributed by atoms with Crippen molar-refractivity contribution in [2.75, 3.05) is 24.7 Å². The lowest BCUT2D eigenvalue weighted by Gasteiger charge is -2.16. The van der Waals surface area contributed by atoms with Gasteiger partial charge in [0.05, 0.1) is 5.75 Å². The molecule has 0 aliphatic rings. The van der Waals surface area contributed by atoms with Crippen LogP contribution in [0.15, 0.2) is 0 Å². The number of hydrogen-bond acceptors (Lipinski definition) is 4. The Morgan fingerprint density at radius 2 is 2.00 bits per heavy atom. The second-order valence-corrected chi connectivity index (χ2v) is 5.76. The fourth-order valence-corrected chi connectivity index (χ4v) is 2.31. The maximum absolute atomic E-state index is 11.3. The zero-order chi connectivity index (χ0) is 11.0. The van der Waals surface area contributed by atoms with Gasteiger partial charge in [-0.15, -0.1) is 0 Å². The highest BCUT2D eigenvalue weighted by Gasteiger charge is 2.16. The number of rotatable bonds is 8. The average Bonchev–Trinajstić information content (AvgIpc) is 2.14. The van der Waals surface area contributed by atoms with Crippen molar-refractivity contribution in [3.8, 4) is 0 Å². The van der Waals surface area contributed by atoms with E-state index >= 15 is 0 Å². The van der Waals surface area contributed by atoms with Crippen molar-refractivity contribution in [1.82, 2.24) is 5.32 Å². The third-order valence-corrected chi connectivity index (χ3v) is 3.85. The Balaban J connectivity index is 4.08. The van der Waals surface area contributed by atoms with Gasteiger partial charge in [0, 0.05) is 18.4 Å². The number of nitrogens with one attached hydrogen (secondary N) is 1. The summed E-state index contributed by atoms with van der Waals surface area (Å²) in [5.74, 6) is 0.298. The summed E-state index contributed by atoms with van der Waals surface area (Å²) < 4.78 is 22.7. The maximum atomic E-state index is 11.3. The Bertz CT molecular complexity index is 226. The molecule has 0 fully saturated rings. The Morgan fingerprint density at radius 3 is 2.43 bits per heavy atom. The first-order chi connectivity index (χ1) is 6.55. The highest BCUT2D eigenvalue weighted by Crippen LogP contribution is 1.99. The van der Waals surface area contributed by atoms with Crippen molar-refractivity contribution in [2.45, 2.75) is 32.7 Å². The summed E-state index contributed by atoms with van der Waals surface area (Å²) >= 11 is 0. The highest BCUT2D eigenvalue weighted by molar-refractivity contribution is 7.91. The van der Waals surface area contributed by atoms with Crippen LogP contribution in [0.5, 0.6) is 0 Å². The summed E-state index contributed by atoms with van der Waals surface area (Å²) in [6.07, 6.45) is 1.47. The lowest BCUT2D eigenvalue weighted by atomic mass is 10.2. The van der Waals surface area contributed by atoms with E-state index in [1.807, 2.05) is 6.92 Å². The molecule has 0 amide bonds. The first-order valence-electron chi connectivity index (χ1n) is 5.10. The van der Waals surface area contributed by atoms with Gasteiger partial charge >= 0.3 is 0 Å². The number of hydrogen-bond donors (Lipinski definition) is 2. The van der Waals surface area contributed by atoms with Crippen LogP contribution >= 0.6 is 0 Å². The fourth-order valence-electron chi connectivity index (χ4n) is 1.17. The largest absolute Gasteiger partial charge is 0.396 e. The zero-order valence-corrected chi connectivity index (χ0v) is 9.81. The molecule has 0 aliphatic carbocycles. The lowest BCUT2D eigenvalue weighted by Crippen LogP contribution is -2.37. The van der Waals surface area contributed by atoms with E-state index in [0.717, 1.165) is 13.0 Å². The summed E-state index contributed by atoms with van der Waals surface area (Å²) in [6, 6.07) is -0.107. The van der Waals surface area contributed by atoms with Crippen LogP contribution in [-0.2, 0) is 9.84 Å². The number of aliphatic hydroxyl groups is 1. The molecule has 1 unspecified atom stereocenters. The van der Waals surface area contributed by atoms with Crippen LogP contribution in [-0.4, -0.2) is 44.2 Å². The molecule has 0 aromatic carbocycles. The first kappa shape index (κ1) is 13.9. The third kappa shape index (κ3) is 6.34. The zero-order valence-electron chi connectivity index (χ0n) is 8.99. The summed E-state index contributed by atoms with van der Waals surface area (Å²) in [6.45, 7) is 4.49. The van der Waals surface area contributed by atoms with Crippen molar-refractivity contribution in [2.24, 2.45) is 0 Å². The minimum Gasteiger partial charge on any atom is -0.396 e. The van der Waals surface area contributed by atoms with Crippen molar-refractivity contribution >= 4 is 9.84 Å². The number of aliphatic hydroxyl groups excluding tert-OH is 1. The van der Waals surface area contributed by atoms with E-state index in [1.54, 1.807) is 6.92 Å². The van der Waals surface area contributed by atoms with Crippen LogP contribution in [0.1, 0.15) is 26.7 Å². The molecule has 5 heteroatoms. The maximum Gasteiger partial charge on any atom is 0.151 e. The monoisotopic (exact) mass is 223 g/mol. The third-order valence-electron chi connectivity index (χ3n) is 2.06. The van der Waals surface area contributed by atoms with E-state index in [1.165, 1.54) is 0 Å². The molecule has 14 heavy (non-hydrogen) atoms. The molecule has 0 rings (SSSR count). The molecule has 0 heterocycles. The van der Waals surface area contributed by atoms with Crippen LogP contribution < -0.4 is 5.32 Å². The van der Waals surface area contributed by atoms with Crippen molar-refractivity contribution in [3.63, 3.8) is 0 Å². The number of sulfone groups is 1. The van der Waals surface area contributed by atoms with Gasteiger partial charge in [-0.25, -0.2) is 8.42 Å². The standard InChI is InChI=1S/C9H21NO3S/c1-3-6-10-9(5-7-11)8-14(12,13)4-2/h9-11H,3-8H2,1-2H3. The molecule has 0 aliphatic heterocycles. The minimum atomic E-state index is -2.94. The molecule has 0 radical (unpaired) electrons.